The lowest BCUT2D eigenvalue weighted by molar-refractivity contribution is 0.0945. The van der Waals surface area contributed by atoms with Gasteiger partial charge in [0.25, 0.3) is 5.91 Å². The summed E-state index contributed by atoms with van der Waals surface area (Å²) in [6, 6.07) is 16.7. The average Bonchev–Trinajstić information content (AvgIpc) is 3.41. The molecule has 0 saturated carbocycles. The molecule has 166 valence electrons. The van der Waals surface area contributed by atoms with Gasteiger partial charge in [-0.2, -0.15) is 5.21 Å². The fourth-order valence-electron chi connectivity index (χ4n) is 2.99. The molecule has 0 aliphatic rings. The quantitative estimate of drug-likeness (QED) is 0.338. The van der Waals surface area contributed by atoms with Crippen molar-refractivity contribution < 1.29 is 9.53 Å². The van der Waals surface area contributed by atoms with Gasteiger partial charge in [0.1, 0.15) is 28.5 Å². The first kappa shape index (κ1) is 22.0. The number of thiocarbonyl (C=S) groups is 1. The Hall–Kier alpha value is -4.25. The number of hydrogen-bond acceptors (Lipinski definition) is 8. The molecule has 0 aliphatic carbocycles. The van der Waals surface area contributed by atoms with E-state index in [9.17, 15) is 4.79 Å². The molecule has 4 aromatic rings. The van der Waals surface area contributed by atoms with Crippen LogP contribution < -0.4 is 15.4 Å². The van der Waals surface area contributed by atoms with E-state index in [1.54, 1.807) is 13.2 Å². The number of benzene rings is 2. The van der Waals surface area contributed by atoms with Gasteiger partial charge in [-0.1, -0.05) is 48.6 Å². The summed E-state index contributed by atoms with van der Waals surface area (Å²) in [4.78, 5) is 21.2. The summed E-state index contributed by atoms with van der Waals surface area (Å²) in [5.41, 5.74) is 3.48. The number of nitrogens with one attached hydrogen (secondary N) is 3. The van der Waals surface area contributed by atoms with E-state index in [4.69, 9.17) is 17.0 Å². The third-order valence-corrected chi connectivity index (χ3v) is 5.08. The molecule has 0 atom stereocenters. The Bertz CT molecular complexity index is 1250. The topological polar surface area (TPSA) is 131 Å². The second-order valence-corrected chi connectivity index (χ2v) is 7.35. The minimum Gasteiger partial charge on any atom is -0.497 e. The van der Waals surface area contributed by atoms with Crippen LogP contribution in [0.3, 0.4) is 0 Å². The lowest BCUT2D eigenvalue weighted by Gasteiger charge is -2.09. The van der Waals surface area contributed by atoms with Crippen molar-refractivity contribution in [3.8, 4) is 17.1 Å². The van der Waals surface area contributed by atoms with E-state index in [0.717, 1.165) is 22.4 Å². The predicted octanol–water partition coefficient (Wildman–Crippen LogP) is 2.06. The Kier molecular flexibility index (Phi) is 6.90. The molecule has 2 aromatic heterocycles. The molecule has 2 aromatic carbocycles. The van der Waals surface area contributed by atoms with Crippen LogP contribution in [-0.2, 0) is 13.1 Å². The largest absolute Gasteiger partial charge is 0.497 e. The van der Waals surface area contributed by atoms with Crippen LogP contribution in [0.15, 0.2) is 60.9 Å². The zero-order chi connectivity index (χ0) is 23.0. The van der Waals surface area contributed by atoms with Gasteiger partial charge in [0.15, 0.2) is 0 Å². The molecule has 0 aliphatic heterocycles. The first-order chi connectivity index (χ1) is 16.1. The minimum absolute atomic E-state index is 0.233. The van der Waals surface area contributed by atoms with E-state index in [0.29, 0.717) is 29.6 Å². The lowest BCUT2D eigenvalue weighted by Crippen LogP contribution is -2.26. The number of methoxy groups -OCH3 is 1. The number of hydrogen-bond donors (Lipinski definition) is 3. The third-order valence-electron chi connectivity index (χ3n) is 4.73. The van der Waals surface area contributed by atoms with E-state index < -0.39 is 0 Å². The minimum atomic E-state index is -0.318. The van der Waals surface area contributed by atoms with Gasteiger partial charge in [-0.3, -0.25) is 4.79 Å². The Balaban J connectivity index is 1.33. The van der Waals surface area contributed by atoms with Crippen molar-refractivity contribution in [2.45, 2.75) is 13.1 Å². The van der Waals surface area contributed by atoms with Crippen molar-refractivity contribution in [3.63, 3.8) is 0 Å². The van der Waals surface area contributed by atoms with Gasteiger partial charge in [-0.05, 0) is 34.5 Å². The summed E-state index contributed by atoms with van der Waals surface area (Å²) in [6.45, 7) is 0.838. The summed E-state index contributed by atoms with van der Waals surface area (Å²) < 4.78 is 5.20. The highest BCUT2D eigenvalue weighted by Gasteiger charge is 2.11. The van der Waals surface area contributed by atoms with Gasteiger partial charge < -0.3 is 15.4 Å². The molecule has 0 bridgehead atoms. The maximum absolute atomic E-state index is 12.5. The van der Waals surface area contributed by atoms with Gasteiger partial charge >= 0.3 is 0 Å². The monoisotopic (exact) mass is 460 g/mol. The Labute approximate surface area is 194 Å². The normalized spacial score (nSPS) is 10.5. The van der Waals surface area contributed by atoms with E-state index in [2.05, 4.69) is 41.2 Å². The first-order valence-corrected chi connectivity index (χ1v) is 10.4. The molecule has 0 unspecified atom stereocenters. The highest BCUT2D eigenvalue weighted by molar-refractivity contribution is 7.80. The molecule has 10 nitrogen and oxygen atoms in total. The molecular weight excluding hydrogens is 440 g/mol. The number of carbonyl (C=O) groups excluding carboxylic acids is 1. The molecule has 0 fully saturated rings. The van der Waals surface area contributed by atoms with Crippen LogP contribution in [0, 0.1) is 0 Å². The zero-order valence-electron chi connectivity index (χ0n) is 17.6. The van der Waals surface area contributed by atoms with Crippen LogP contribution in [0.5, 0.6) is 5.75 Å². The van der Waals surface area contributed by atoms with Crippen molar-refractivity contribution in [1.29, 1.82) is 0 Å². The van der Waals surface area contributed by atoms with Gasteiger partial charge in [0.2, 0.25) is 5.82 Å². The van der Waals surface area contributed by atoms with Crippen molar-refractivity contribution in [2.24, 2.45) is 0 Å². The van der Waals surface area contributed by atoms with Gasteiger partial charge in [0.05, 0.1) is 7.11 Å². The second-order valence-electron chi connectivity index (χ2n) is 6.94. The molecule has 1 amide bonds. The highest BCUT2D eigenvalue weighted by atomic mass is 32.1. The van der Waals surface area contributed by atoms with Crippen molar-refractivity contribution >= 4 is 23.1 Å². The summed E-state index contributed by atoms with van der Waals surface area (Å²) >= 11 is 5.45. The molecule has 3 N–H and O–H groups in total. The molecule has 33 heavy (non-hydrogen) atoms. The van der Waals surface area contributed by atoms with Gasteiger partial charge in [-0.15, -0.1) is 10.2 Å². The fourth-order valence-corrected chi connectivity index (χ4v) is 3.17. The van der Waals surface area contributed by atoms with Crippen LogP contribution in [0.4, 0.5) is 0 Å². The average molecular weight is 461 g/mol. The summed E-state index contributed by atoms with van der Waals surface area (Å²) in [5.74, 6) is 0.941. The van der Waals surface area contributed by atoms with Crippen LogP contribution in [0.25, 0.3) is 11.4 Å². The molecule has 0 radical (unpaired) electrons. The number of ether oxygens (including phenoxy) is 1. The summed E-state index contributed by atoms with van der Waals surface area (Å²) in [7, 11) is 1.60. The van der Waals surface area contributed by atoms with Crippen LogP contribution >= 0.6 is 12.2 Å². The van der Waals surface area contributed by atoms with Crippen LogP contribution in [-0.4, -0.2) is 48.6 Å². The van der Waals surface area contributed by atoms with E-state index in [1.165, 1.54) is 6.33 Å². The van der Waals surface area contributed by atoms with E-state index in [-0.39, 0.29) is 11.6 Å². The number of rotatable bonds is 8. The maximum Gasteiger partial charge on any atom is 0.270 e. The lowest BCUT2D eigenvalue weighted by atomic mass is 10.1. The molecule has 2 heterocycles. The van der Waals surface area contributed by atoms with Crippen molar-refractivity contribution in [1.82, 2.24) is 41.2 Å². The second kappa shape index (κ2) is 10.4. The van der Waals surface area contributed by atoms with Gasteiger partial charge in [0, 0.05) is 18.7 Å². The first-order valence-electron chi connectivity index (χ1n) is 9.96. The third kappa shape index (κ3) is 5.71. The molecule has 0 spiro atoms. The number of amides is 1. The van der Waals surface area contributed by atoms with Crippen molar-refractivity contribution in [2.75, 3.05) is 7.11 Å². The number of tetrazole rings is 1. The fraction of sp³-hybridized carbons (Fsp3) is 0.136. The number of nitrogens with zero attached hydrogens (tertiary/aromatic N) is 5. The Morgan fingerprint density at radius 2 is 1.79 bits per heavy atom. The number of aromatic nitrogens is 6. The SMILES string of the molecule is COc1cccc(CNC(=O)c2cc(C(=S)NCc3ccc(-c4nn[nH]n4)cc3)ncn2)c1. The number of aromatic amines is 1. The highest BCUT2D eigenvalue weighted by Crippen LogP contribution is 2.14. The maximum atomic E-state index is 12.5. The molecular formula is C22H20N8O2S. The smallest absolute Gasteiger partial charge is 0.270 e. The Morgan fingerprint density at radius 1 is 1.00 bits per heavy atom. The predicted molar refractivity (Wildman–Crippen MR) is 124 cm³/mol. The standard InChI is InChI=1S/C22H20N8O2S/c1-32-17-4-2-3-15(9-17)12-23-21(31)18-10-19(26-13-25-18)22(33)24-11-14-5-7-16(8-6-14)20-27-29-30-28-20/h2-10,13H,11-12H2,1H3,(H,23,31)(H,24,33)(H,27,28,29,30). The summed E-state index contributed by atoms with van der Waals surface area (Å²) in [6.07, 6.45) is 1.32. The zero-order valence-corrected chi connectivity index (χ0v) is 18.5. The number of H-pyrrole nitrogens is 1. The molecule has 4 rings (SSSR count). The van der Waals surface area contributed by atoms with Crippen molar-refractivity contribution in [3.05, 3.63) is 83.4 Å². The van der Waals surface area contributed by atoms with Crippen LogP contribution in [0.2, 0.25) is 0 Å². The molecule has 11 heteroatoms. The van der Waals surface area contributed by atoms with E-state index >= 15 is 0 Å². The molecule has 0 saturated heterocycles. The number of carbonyl (C=O) groups is 1. The summed E-state index contributed by atoms with van der Waals surface area (Å²) in [5, 5.41) is 19.9. The van der Waals surface area contributed by atoms with Crippen LogP contribution in [0.1, 0.15) is 27.3 Å². The van der Waals surface area contributed by atoms with E-state index in [1.807, 2.05) is 48.5 Å². The van der Waals surface area contributed by atoms with Gasteiger partial charge in [-0.25, -0.2) is 9.97 Å². The Morgan fingerprint density at radius 3 is 2.55 bits per heavy atom.